The lowest BCUT2D eigenvalue weighted by atomic mass is 9.99. The van der Waals surface area contributed by atoms with Crippen molar-refractivity contribution in [1.82, 2.24) is 14.3 Å². The van der Waals surface area contributed by atoms with E-state index in [1.807, 2.05) is 37.2 Å². The van der Waals surface area contributed by atoms with E-state index >= 15 is 0 Å². The summed E-state index contributed by atoms with van der Waals surface area (Å²) in [4.78, 5) is 19.0. The molecule has 2 aromatic heterocycles. The van der Waals surface area contributed by atoms with Crippen LogP contribution in [0.2, 0.25) is 0 Å². The number of aromatic nitrogens is 2. The zero-order valence-corrected chi connectivity index (χ0v) is 12.7. The number of fused-ring (bicyclic) bond motifs is 1. The Bertz CT molecular complexity index is 649. The number of likely N-dealkylation sites (tertiary alicyclic amines) is 1. The number of hydrogen-bond acceptors (Lipinski definition) is 3. The summed E-state index contributed by atoms with van der Waals surface area (Å²) in [7, 11) is 1.88. The highest BCUT2D eigenvalue weighted by atomic mass is 16.2. The first kappa shape index (κ1) is 13.9. The normalized spacial score (nSPS) is 19.0. The molecule has 5 nitrogen and oxygen atoms in total. The van der Waals surface area contributed by atoms with E-state index in [2.05, 4.69) is 15.9 Å². The predicted molar refractivity (Wildman–Crippen MR) is 83.3 cm³/mol. The van der Waals surface area contributed by atoms with Crippen molar-refractivity contribution in [2.24, 2.45) is 0 Å². The molecule has 0 saturated carbocycles. The van der Waals surface area contributed by atoms with E-state index in [1.54, 1.807) is 0 Å². The second-order valence-corrected chi connectivity index (χ2v) is 5.52. The first-order chi connectivity index (χ1) is 10.2. The molecule has 5 heteroatoms. The Labute approximate surface area is 125 Å². The molecule has 0 spiro atoms. The van der Waals surface area contributed by atoms with Crippen LogP contribution in [0.4, 0.5) is 5.82 Å². The summed E-state index contributed by atoms with van der Waals surface area (Å²) >= 11 is 0. The van der Waals surface area contributed by atoms with Gasteiger partial charge < -0.3 is 14.6 Å². The summed E-state index contributed by atoms with van der Waals surface area (Å²) in [6, 6.07) is 4.15. The minimum absolute atomic E-state index is 0.102. The number of amides is 1. The Morgan fingerprint density at radius 1 is 1.48 bits per heavy atom. The number of hydrogen-bond donors (Lipinski definition) is 1. The number of nitrogens with zero attached hydrogens (tertiary/aromatic N) is 3. The van der Waals surface area contributed by atoms with Crippen molar-refractivity contribution < 1.29 is 4.79 Å². The van der Waals surface area contributed by atoms with E-state index in [0.29, 0.717) is 6.42 Å². The fraction of sp³-hybridized carbons (Fsp3) is 0.500. The highest BCUT2D eigenvalue weighted by molar-refractivity contribution is 5.76. The van der Waals surface area contributed by atoms with Gasteiger partial charge in [-0.2, -0.15) is 0 Å². The van der Waals surface area contributed by atoms with Gasteiger partial charge in [-0.3, -0.25) is 4.79 Å². The van der Waals surface area contributed by atoms with Gasteiger partial charge in [0.2, 0.25) is 5.91 Å². The Morgan fingerprint density at radius 3 is 3.10 bits per heavy atom. The lowest BCUT2D eigenvalue weighted by Crippen LogP contribution is -2.38. The molecular formula is C16H22N4O. The molecule has 1 atom stereocenters. The molecule has 3 rings (SSSR count). The molecule has 0 bridgehead atoms. The van der Waals surface area contributed by atoms with Gasteiger partial charge in [0.15, 0.2) is 0 Å². The minimum Gasteiger partial charge on any atom is -0.371 e. The second kappa shape index (κ2) is 5.76. The molecule has 1 aliphatic rings. The number of rotatable bonds is 3. The van der Waals surface area contributed by atoms with E-state index in [-0.39, 0.29) is 11.9 Å². The van der Waals surface area contributed by atoms with Crippen molar-refractivity contribution in [2.45, 2.75) is 38.6 Å². The lowest BCUT2D eigenvalue weighted by Gasteiger charge is -2.35. The summed E-state index contributed by atoms with van der Waals surface area (Å²) in [6.07, 6.45) is 7.87. The molecule has 0 aliphatic carbocycles. The third-order valence-corrected chi connectivity index (χ3v) is 4.24. The molecular weight excluding hydrogens is 264 g/mol. The number of anilines is 1. The summed E-state index contributed by atoms with van der Waals surface area (Å²) in [6.45, 7) is 2.77. The van der Waals surface area contributed by atoms with Crippen LogP contribution < -0.4 is 5.32 Å². The van der Waals surface area contributed by atoms with Crippen molar-refractivity contribution in [3.63, 3.8) is 0 Å². The molecule has 1 amide bonds. The van der Waals surface area contributed by atoms with Crippen LogP contribution in [0.3, 0.4) is 0 Å². The smallest absolute Gasteiger partial charge is 0.222 e. The molecule has 1 saturated heterocycles. The third kappa shape index (κ3) is 2.48. The Hall–Kier alpha value is -2.04. The van der Waals surface area contributed by atoms with Gasteiger partial charge in [-0.15, -0.1) is 0 Å². The Balaban J connectivity index is 2.02. The van der Waals surface area contributed by atoms with Crippen molar-refractivity contribution in [3.05, 3.63) is 30.2 Å². The molecule has 112 valence electrons. The molecule has 0 aromatic carbocycles. The zero-order chi connectivity index (χ0) is 14.8. The first-order valence-corrected chi connectivity index (χ1v) is 7.69. The molecule has 3 heterocycles. The van der Waals surface area contributed by atoms with Gasteiger partial charge in [0.05, 0.1) is 17.3 Å². The largest absolute Gasteiger partial charge is 0.371 e. The minimum atomic E-state index is 0.102. The van der Waals surface area contributed by atoms with Gasteiger partial charge in [0, 0.05) is 32.4 Å². The highest BCUT2D eigenvalue weighted by Gasteiger charge is 2.28. The van der Waals surface area contributed by atoms with Gasteiger partial charge in [-0.25, -0.2) is 4.98 Å². The average Bonchev–Trinajstić information content (AvgIpc) is 3.01. The molecule has 1 N–H and O–H groups in total. The van der Waals surface area contributed by atoms with Gasteiger partial charge in [0.25, 0.3) is 0 Å². The van der Waals surface area contributed by atoms with Gasteiger partial charge in [0.1, 0.15) is 5.82 Å². The Kier molecular flexibility index (Phi) is 3.82. The van der Waals surface area contributed by atoms with Crippen molar-refractivity contribution in [1.29, 1.82) is 0 Å². The van der Waals surface area contributed by atoms with E-state index in [9.17, 15) is 4.79 Å². The molecule has 21 heavy (non-hydrogen) atoms. The quantitative estimate of drug-likeness (QED) is 0.944. The number of piperidine rings is 1. The van der Waals surface area contributed by atoms with Gasteiger partial charge in [-0.05, 0) is 31.4 Å². The van der Waals surface area contributed by atoms with E-state index < -0.39 is 0 Å². The Morgan fingerprint density at radius 2 is 2.33 bits per heavy atom. The number of carbonyl (C=O) groups excluding carboxylic acids is 1. The van der Waals surface area contributed by atoms with Crippen LogP contribution >= 0.6 is 0 Å². The standard InChI is InChI=1S/C16H22N4O/c1-3-15(21)20-10-5-4-7-13(20)12-11-19-9-6-8-14(19)16(17-2)18-12/h6,8-9,11,13H,3-5,7,10H2,1-2H3,(H,17,18)/t13-/m0/s1. The van der Waals surface area contributed by atoms with Crippen LogP contribution in [0.15, 0.2) is 24.5 Å². The monoisotopic (exact) mass is 286 g/mol. The fourth-order valence-electron chi connectivity index (χ4n) is 3.15. The predicted octanol–water partition coefficient (Wildman–Crippen LogP) is 2.84. The van der Waals surface area contributed by atoms with Crippen LogP contribution in [0.25, 0.3) is 5.52 Å². The summed E-state index contributed by atoms with van der Waals surface area (Å²) < 4.78 is 2.08. The van der Waals surface area contributed by atoms with E-state index in [0.717, 1.165) is 42.8 Å². The molecule has 0 unspecified atom stereocenters. The fourth-order valence-corrected chi connectivity index (χ4v) is 3.15. The van der Waals surface area contributed by atoms with Crippen LogP contribution in [0.5, 0.6) is 0 Å². The topological polar surface area (TPSA) is 49.6 Å². The van der Waals surface area contributed by atoms with Gasteiger partial charge >= 0.3 is 0 Å². The van der Waals surface area contributed by atoms with Crippen LogP contribution in [-0.2, 0) is 4.79 Å². The maximum absolute atomic E-state index is 12.2. The number of nitrogens with one attached hydrogen (secondary N) is 1. The average molecular weight is 286 g/mol. The van der Waals surface area contributed by atoms with Gasteiger partial charge in [-0.1, -0.05) is 6.92 Å². The van der Waals surface area contributed by atoms with E-state index in [1.165, 1.54) is 0 Å². The third-order valence-electron chi connectivity index (χ3n) is 4.24. The highest BCUT2D eigenvalue weighted by Crippen LogP contribution is 2.31. The summed E-state index contributed by atoms with van der Waals surface area (Å²) in [5.74, 6) is 1.09. The van der Waals surface area contributed by atoms with Crippen LogP contribution in [0.1, 0.15) is 44.3 Å². The molecule has 1 fully saturated rings. The zero-order valence-electron chi connectivity index (χ0n) is 12.7. The second-order valence-electron chi connectivity index (χ2n) is 5.52. The maximum Gasteiger partial charge on any atom is 0.222 e. The number of carbonyl (C=O) groups is 1. The summed E-state index contributed by atoms with van der Waals surface area (Å²) in [5.41, 5.74) is 2.04. The SMILES string of the molecule is CCC(=O)N1CCCC[C@H]1c1cn2cccc2c(NC)n1. The first-order valence-electron chi connectivity index (χ1n) is 7.69. The molecule has 1 aliphatic heterocycles. The van der Waals surface area contributed by atoms with E-state index in [4.69, 9.17) is 4.98 Å². The van der Waals surface area contributed by atoms with Crippen molar-refractivity contribution in [3.8, 4) is 0 Å². The summed E-state index contributed by atoms with van der Waals surface area (Å²) in [5, 5.41) is 3.16. The van der Waals surface area contributed by atoms with Crippen molar-refractivity contribution in [2.75, 3.05) is 18.9 Å². The van der Waals surface area contributed by atoms with Crippen LogP contribution in [-0.4, -0.2) is 33.8 Å². The maximum atomic E-state index is 12.2. The molecule has 0 radical (unpaired) electrons. The van der Waals surface area contributed by atoms with Crippen LogP contribution in [0, 0.1) is 0 Å². The van der Waals surface area contributed by atoms with Crippen molar-refractivity contribution >= 4 is 17.2 Å². The molecule has 2 aromatic rings. The lowest BCUT2D eigenvalue weighted by molar-refractivity contribution is -0.134.